The first-order chi connectivity index (χ1) is 12.0. The number of benzene rings is 1. The molecule has 2 heterocycles. The molecular weight excluding hydrogens is 314 g/mol. The Kier molecular flexibility index (Phi) is 5.36. The summed E-state index contributed by atoms with van der Waals surface area (Å²) in [5.41, 5.74) is 2.23. The molecule has 0 fully saturated rings. The number of fused-ring (bicyclic) bond motifs is 4. The zero-order valence-corrected chi connectivity index (χ0v) is 15.6. The van der Waals surface area contributed by atoms with Gasteiger partial charge in [-0.25, -0.2) is 4.79 Å². The third kappa shape index (κ3) is 3.83. The SMILES string of the molecule is CCCCCCCOC(=O)C1=C(C)NC2(C)CC1c1ccccc1O2. The maximum atomic E-state index is 12.8. The van der Waals surface area contributed by atoms with Crippen molar-refractivity contribution in [3.05, 3.63) is 41.1 Å². The zero-order chi connectivity index (χ0) is 17.9. The number of carbonyl (C=O) groups excluding carboxylic acids is 1. The lowest BCUT2D eigenvalue weighted by atomic mass is 9.78. The highest BCUT2D eigenvalue weighted by Crippen LogP contribution is 2.47. The number of unbranched alkanes of at least 4 members (excludes halogenated alkanes) is 4. The van der Waals surface area contributed by atoms with Gasteiger partial charge in [-0.2, -0.15) is 0 Å². The van der Waals surface area contributed by atoms with Crippen molar-refractivity contribution < 1.29 is 14.3 Å². The van der Waals surface area contributed by atoms with Crippen LogP contribution in [0.2, 0.25) is 0 Å². The number of para-hydroxylation sites is 1. The van der Waals surface area contributed by atoms with E-state index in [1.54, 1.807) is 0 Å². The summed E-state index contributed by atoms with van der Waals surface area (Å²) in [7, 11) is 0. The minimum atomic E-state index is -0.465. The molecule has 1 aromatic carbocycles. The van der Waals surface area contributed by atoms with E-state index in [0.717, 1.165) is 41.8 Å². The number of nitrogens with one attached hydrogen (secondary N) is 1. The predicted molar refractivity (Wildman–Crippen MR) is 98.4 cm³/mol. The molecule has 0 radical (unpaired) electrons. The van der Waals surface area contributed by atoms with Crippen LogP contribution in [0.3, 0.4) is 0 Å². The number of hydrogen-bond acceptors (Lipinski definition) is 4. The quantitative estimate of drug-likeness (QED) is 0.578. The van der Waals surface area contributed by atoms with Crippen LogP contribution in [0, 0.1) is 0 Å². The van der Waals surface area contributed by atoms with Crippen LogP contribution in [0.1, 0.15) is 70.8 Å². The summed E-state index contributed by atoms with van der Waals surface area (Å²) < 4.78 is 11.7. The van der Waals surface area contributed by atoms with E-state index in [2.05, 4.69) is 18.3 Å². The largest absolute Gasteiger partial charge is 0.468 e. The topological polar surface area (TPSA) is 47.6 Å². The van der Waals surface area contributed by atoms with Crippen molar-refractivity contribution in [1.29, 1.82) is 0 Å². The van der Waals surface area contributed by atoms with E-state index in [0.29, 0.717) is 6.61 Å². The Morgan fingerprint density at radius 1 is 1.28 bits per heavy atom. The minimum Gasteiger partial charge on any atom is -0.468 e. The Morgan fingerprint density at radius 3 is 2.84 bits per heavy atom. The highest BCUT2D eigenvalue weighted by molar-refractivity contribution is 5.91. The van der Waals surface area contributed by atoms with Crippen LogP contribution in [0.4, 0.5) is 0 Å². The zero-order valence-electron chi connectivity index (χ0n) is 15.6. The molecule has 2 aliphatic heterocycles. The van der Waals surface area contributed by atoms with Crippen molar-refractivity contribution in [2.24, 2.45) is 0 Å². The first kappa shape index (κ1) is 17.8. The van der Waals surface area contributed by atoms with E-state index in [4.69, 9.17) is 9.47 Å². The Morgan fingerprint density at radius 2 is 2.04 bits per heavy atom. The fourth-order valence-electron chi connectivity index (χ4n) is 3.95. The number of ether oxygens (including phenoxy) is 2. The van der Waals surface area contributed by atoms with E-state index >= 15 is 0 Å². The number of esters is 1. The molecule has 1 aromatic rings. The summed E-state index contributed by atoms with van der Waals surface area (Å²) in [6, 6.07) is 7.99. The smallest absolute Gasteiger partial charge is 0.336 e. The molecule has 25 heavy (non-hydrogen) atoms. The second-order valence-corrected chi connectivity index (χ2v) is 7.34. The third-order valence-electron chi connectivity index (χ3n) is 5.13. The number of rotatable bonds is 7. The van der Waals surface area contributed by atoms with E-state index < -0.39 is 5.72 Å². The molecule has 0 spiro atoms. The minimum absolute atomic E-state index is 0.0313. The van der Waals surface area contributed by atoms with Gasteiger partial charge in [0.05, 0.1) is 12.2 Å². The molecule has 4 nitrogen and oxygen atoms in total. The fourth-order valence-corrected chi connectivity index (χ4v) is 3.95. The molecule has 0 aliphatic carbocycles. The van der Waals surface area contributed by atoms with Gasteiger partial charge in [-0.1, -0.05) is 50.8 Å². The van der Waals surface area contributed by atoms with E-state index in [1.807, 2.05) is 32.0 Å². The third-order valence-corrected chi connectivity index (χ3v) is 5.13. The summed E-state index contributed by atoms with van der Waals surface area (Å²) >= 11 is 0. The van der Waals surface area contributed by atoms with E-state index in [9.17, 15) is 4.79 Å². The number of hydrogen-bond donors (Lipinski definition) is 1. The van der Waals surface area contributed by atoms with Gasteiger partial charge in [0.2, 0.25) is 0 Å². The van der Waals surface area contributed by atoms with Gasteiger partial charge in [0.1, 0.15) is 5.75 Å². The first-order valence-electron chi connectivity index (χ1n) is 9.48. The van der Waals surface area contributed by atoms with Gasteiger partial charge >= 0.3 is 5.97 Å². The summed E-state index contributed by atoms with van der Waals surface area (Å²) in [5, 5.41) is 3.37. The van der Waals surface area contributed by atoms with Crippen molar-refractivity contribution >= 4 is 5.97 Å². The Bertz CT molecular complexity index is 667. The average molecular weight is 343 g/mol. The predicted octanol–water partition coefficient (Wildman–Crippen LogP) is 4.66. The lowest BCUT2D eigenvalue weighted by Gasteiger charge is -2.45. The van der Waals surface area contributed by atoms with Crippen LogP contribution in [0.5, 0.6) is 5.75 Å². The molecule has 0 saturated heterocycles. The molecule has 0 aromatic heterocycles. The van der Waals surface area contributed by atoms with Crippen LogP contribution >= 0.6 is 0 Å². The standard InChI is InChI=1S/C21H29NO3/c1-4-5-6-7-10-13-24-20(23)19-15(2)22-21(3)14-17(19)16-11-8-9-12-18(16)25-21/h8-9,11-12,17,22H,4-7,10,13-14H2,1-3H3. The molecule has 2 unspecified atom stereocenters. The van der Waals surface area contributed by atoms with Crippen molar-refractivity contribution in [2.45, 2.75) is 70.9 Å². The normalized spacial score (nSPS) is 24.2. The molecule has 2 bridgehead atoms. The average Bonchev–Trinajstić information content (AvgIpc) is 2.57. The van der Waals surface area contributed by atoms with Gasteiger partial charge in [-0.15, -0.1) is 0 Å². The van der Waals surface area contributed by atoms with Gasteiger partial charge in [0.25, 0.3) is 0 Å². The number of allylic oxidation sites excluding steroid dienone is 1. The lowest BCUT2D eigenvalue weighted by Crippen LogP contribution is -2.54. The summed E-state index contributed by atoms with van der Waals surface area (Å²) in [6.45, 7) is 6.68. The Balaban J connectivity index is 1.71. The van der Waals surface area contributed by atoms with Gasteiger partial charge in [-0.3, -0.25) is 0 Å². The maximum Gasteiger partial charge on any atom is 0.336 e. The van der Waals surface area contributed by atoms with Gasteiger partial charge in [-0.05, 0) is 26.3 Å². The van der Waals surface area contributed by atoms with Gasteiger partial charge in [0.15, 0.2) is 5.72 Å². The Labute approximate surface area is 150 Å². The summed E-state index contributed by atoms with van der Waals surface area (Å²) in [4.78, 5) is 12.8. The van der Waals surface area contributed by atoms with E-state index in [-0.39, 0.29) is 11.9 Å². The molecule has 4 heteroatoms. The second-order valence-electron chi connectivity index (χ2n) is 7.34. The van der Waals surface area contributed by atoms with Crippen molar-refractivity contribution in [3.63, 3.8) is 0 Å². The molecule has 0 saturated carbocycles. The van der Waals surface area contributed by atoms with Crippen LogP contribution in [-0.4, -0.2) is 18.3 Å². The van der Waals surface area contributed by atoms with Gasteiger partial charge in [0, 0.05) is 23.6 Å². The fraction of sp³-hybridized carbons (Fsp3) is 0.571. The van der Waals surface area contributed by atoms with Crippen molar-refractivity contribution in [1.82, 2.24) is 5.32 Å². The molecule has 3 rings (SSSR count). The van der Waals surface area contributed by atoms with Crippen molar-refractivity contribution in [2.75, 3.05) is 6.61 Å². The van der Waals surface area contributed by atoms with Crippen LogP contribution < -0.4 is 10.1 Å². The maximum absolute atomic E-state index is 12.8. The van der Waals surface area contributed by atoms with Gasteiger partial charge < -0.3 is 14.8 Å². The monoisotopic (exact) mass is 343 g/mol. The summed E-state index contributed by atoms with van der Waals surface area (Å²) in [6.07, 6.45) is 6.48. The molecule has 1 N–H and O–H groups in total. The van der Waals surface area contributed by atoms with Crippen LogP contribution in [0.25, 0.3) is 0 Å². The number of carbonyl (C=O) groups is 1. The lowest BCUT2D eigenvalue weighted by molar-refractivity contribution is -0.140. The molecule has 136 valence electrons. The molecule has 2 aliphatic rings. The van der Waals surface area contributed by atoms with Crippen molar-refractivity contribution in [3.8, 4) is 5.75 Å². The highest BCUT2D eigenvalue weighted by atomic mass is 16.5. The van der Waals surface area contributed by atoms with Crippen LogP contribution in [0.15, 0.2) is 35.5 Å². The first-order valence-corrected chi connectivity index (χ1v) is 9.48. The molecule has 0 amide bonds. The Hall–Kier alpha value is -1.97. The molecular formula is C21H29NO3. The molecule has 2 atom stereocenters. The summed E-state index contributed by atoms with van der Waals surface area (Å²) in [5.74, 6) is 0.694. The highest BCUT2D eigenvalue weighted by Gasteiger charge is 2.45. The van der Waals surface area contributed by atoms with E-state index in [1.165, 1.54) is 19.3 Å². The van der Waals surface area contributed by atoms with Crippen LogP contribution in [-0.2, 0) is 9.53 Å². The second kappa shape index (κ2) is 7.51.